The predicted molar refractivity (Wildman–Crippen MR) is 152 cm³/mol. The van der Waals surface area contributed by atoms with Crippen LogP contribution in [0.25, 0.3) is 0 Å². The molecule has 0 aromatic heterocycles. The number of hydrazone groups is 1. The van der Waals surface area contributed by atoms with E-state index in [1.165, 1.54) is 57.6 Å². The zero-order valence-electron chi connectivity index (χ0n) is 23.0. The van der Waals surface area contributed by atoms with Gasteiger partial charge in [0, 0.05) is 6.42 Å². The van der Waals surface area contributed by atoms with Gasteiger partial charge in [-0.1, -0.05) is 89.3 Å². The van der Waals surface area contributed by atoms with Crippen LogP contribution in [0.1, 0.15) is 105 Å². The van der Waals surface area contributed by atoms with Crippen molar-refractivity contribution >= 4 is 24.0 Å². The number of carbonyl (C=O) groups excluding carboxylic acids is 3. The van der Waals surface area contributed by atoms with E-state index >= 15 is 0 Å². The first kappa shape index (κ1) is 30.7. The average molecular weight is 522 g/mol. The molecule has 0 aliphatic rings. The highest BCUT2D eigenvalue weighted by Gasteiger charge is 2.10. The Morgan fingerprint density at radius 2 is 1.39 bits per heavy atom. The Kier molecular flexibility index (Phi) is 15.1. The van der Waals surface area contributed by atoms with Crippen molar-refractivity contribution in [2.45, 2.75) is 90.9 Å². The number of hydrogen-bond acceptors (Lipinski definition) is 5. The second-order valence-electron chi connectivity index (χ2n) is 9.63. The Balaban J connectivity index is 1.54. The van der Waals surface area contributed by atoms with Gasteiger partial charge in [0.15, 0.2) is 0 Å². The third-order valence-electron chi connectivity index (χ3n) is 6.31. The van der Waals surface area contributed by atoms with E-state index in [9.17, 15) is 14.4 Å². The van der Waals surface area contributed by atoms with E-state index < -0.39 is 11.9 Å². The van der Waals surface area contributed by atoms with Gasteiger partial charge in [0.05, 0.1) is 18.3 Å². The van der Waals surface area contributed by atoms with Gasteiger partial charge in [-0.05, 0) is 54.8 Å². The molecule has 0 unspecified atom stereocenters. The molecule has 2 aromatic rings. The molecule has 2 aromatic carbocycles. The van der Waals surface area contributed by atoms with Gasteiger partial charge >= 0.3 is 5.97 Å². The predicted octanol–water partition coefficient (Wildman–Crippen LogP) is 6.48. The van der Waals surface area contributed by atoms with Crippen LogP contribution in [0.5, 0.6) is 5.75 Å². The summed E-state index contributed by atoms with van der Waals surface area (Å²) in [5, 5.41) is 6.55. The Hall–Kier alpha value is -3.48. The Morgan fingerprint density at radius 3 is 2.03 bits per heavy atom. The topological polar surface area (TPSA) is 96.9 Å². The van der Waals surface area contributed by atoms with Gasteiger partial charge < -0.3 is 10.1 Å². The summed E-state index contributed by atoms with van der Waals surface area (Å²) in [5.41, 5.74) is 4.50. The van der Waals surface area contributed by atoms with Crippen LogP contribution in [-0.4, -0.2) is 30.5 Å². The molecule has 2 rings (SSSR count). The second-order valence-corrected chi connectivity index (χ2v) is 9.63. The molecule has 0 aliphatic carbocycles. The number of hydrogen-bond donors (Lipinski definition) is 2. The van der Waals surface area contributed by atoms with Gasteiger partial charge in [0.1, 0.15) is 5.75 Å². The Morgan fingerprint density at radius 1 is 0.789 bits per heavy atom. The Labute approximate surface area is 227 Å². The zero-order valence-corrected chi connectivity index (χ0v) is 23.0. The molecular formula is C31H43N3O4. The lowest BCUT2D eigenvalue weighted by Crippen LogP contribution is -2.34. The van der Waals surface area contributed by atoms with E-state index in [0.29, 0.717) is 17.7 Å². The van der Waals surface area contributed by atoms with Crippen LogP contribution in [-0.2, 0) is 9.59 Å². The highest BCUT2D eigenvalue weighted by Crippen LogP contribution is 2.15. The van der Waals surface area contributed by atoms with Gasteiger partial charge in [0.25, 0.3) is 5.91 Å². The fraction of sp³-hybridized carbons (Fsp3) is 0.484. The summed E-state index contributed by atoms with van der Waals surface area (Å²) in [6, 6.07) is 14.0. The summed E-state index contributed by atoms with van der Waals surface area (Å²) in [5.74, 6) is -0.504. The molecule has 2 N–H and O–H groups in total. The molecular weight excluding hydrogens is 478 g/mol. The van der Waals surface area contributed by atoms with Crippen LogP contribution in [0.15, 0.2) is 53.6 Å². The monoisotopic (exact) mass is 521 g/mol. The van der Waals surface area contributed by atoms with Crippen molar-refractivity contribution in [3.05, 3.63) is 65.2 Å². The fourth-order valence-electron chi connectivity index (χ4n) is 4.02. The molecule has 0 saturated heterocycles. The van der Waals surface area contributed by atoms with Crippen molar-refractivity contribution in [1.82, 2.24) is 10.7 Å². The number of aryl methyl sites for hydroxylation is 1. The van der Waals surface area contributed by atoms with Crippen molar-refractivity contribution in [1.29, 1.82) is 0 Å². The maximum absolute atomic E-state index is 12.3. The lowest BCUT2D eigenvalue weighted by molar-refractivity contribution is -0.126. The molecule has 0 radical (unpaired) electrons. The molecule has 7 heteroatoms. The van der Waals surface area contributed by atoms with Gasteiger partial charge in [0.2, 0.25) is 5.91 Å². The second kappa shape index (κ2) is 18.7. The largest absolute Gasteiger partial charge is 0.423 e. The summed E-state index contributed by atoms with van der Waals surface area (Å²) >= 11 is 0. The van der Waals surface area contributed by atoms with Crippen molar-refractivity contribution in [2.24, 2.45) is 5.10 Å². The molecule has 0 atom stereocenters. The molecule has 0 heterocycles. The maximum Gasteiger partial charge on any atom is 0.343 e. The van der Waals surface area contributed by atoms with Crippen LogP contribution in [0.4, 0.5) is 0 Å². The maximum atomic E-state index is 12.3. The molecule has 38 heavy (non-hydrogen) atoms. The number of nitrogens with zero attached hydrogens (tertiary/aromatic N) is 1. The molecule has 7 nitrogen and oxygen atoms in total. The fourth-order valence-corrected chi connectivity index (χ4v) is 4.02. The van der Waals surface area contributed by atoms with Crippen LogP contribution in [0.2, 0.25) is 0 Å². The number of ether oxygens (including phenoxy) is 1. The first-order chi connectivity index (χ1) is 18.5. The number of unbranched alkanes of at least 4 members (excludes halogenated alkanes) is 10. The lowest BCUT2D eigenvalue weighted by Gasteiger charge is -2.06. The highest BCUT2D eigenvalue weighted by molar-refractivity contribution is 5.92. The smallest absolute Gasteiger partial charge is 0.343 e. The van der Waals surface area contributed by atoms with E-state index in [4.69, 9.17) is 4.74 Å². The van der Waals surface area contributed by atoms with Crippen molar-refractivity contribution in [2.75, 3.05) is 6.54 Å². The SMILES string of the molecule is CCCCCCCCCCCCCC(=O)NCC(=O)N/N=C\c1ccc(OC(=O)c2ccccc2C)cc1. The standard InChI is InChI=1S/C31H43N3O4/c1-3-4-5-6-7-8-9-10-11-12-13-18-29(35)32-24-30(36)34-33-23-26-19-21-27(22-20-26)38-31(37)28-17-15-14-16-25(28)2/h14-17,19-23H,3-13,18,24H2,1-2H3,(H,32,35)(H,34,36)/b33-23-. The minimum absolute atomic E-state index is 0.109. The van der Waals surface area contributed by atoms with Crippen LogP contribution >= 0.6 is 0 Å². The van der Waals surface area contributed by atoms with Crippen LogP contribution in [0, 0.1) is 6.92 Å². The first-order valence-corrected chi connectivity index (χ1v) is 14.0. The summed E-state index contributed by atoms with van der Waals surface area (Å²) in [4.78, 5) is 36.2. The number of benzene rings is 2. The lowest BCUT2D eigenvalue weighted by atomic mass is 10.1. The van der Waals surface area contributed by atoms with Crippen LogP contribution < -0.4 is 15.5 Å². The number of carbonyl (C=O) groups is 3. The molecule has 0 aliphatic heterocycles. The third kappa shape index (κ3) is 13.2. The molecule has 0 spiro atoms. The van der Waals surface area contributed by atoms with Crippen molar-refractivity contribution < 1.29 is 19.1 Å². The number of esters is 1. The third-order valence-corrected chi connectivity index (χ3v) is 6.31. The van der Waals surface area contributed by atoms with Crippen molar-refractivity contribution in [3.63, 3.8) is 0 Å². The van der Waals surface area contributed by atoms with E-state index in [-0.39, 0.29) is 12.5 Å². The minimum Gasteiger partial charge on any atom is -0.423 e. The summed E-state index contributed by atoms with van der Waals surface area (Å²) < 4.78 is 5.41. The van der Waals surface area contributed by atoms with Gasteiger partial charge in [-0.15, -0.1) is 0 Å². The quantitative estimate of drug-likeness (QED) is 0.0771. The Bertz CT molecular complexity index is 1020. The molecule has 0 fully saturated rings. The van der Waals surface area contributed by atoms with Crippen molar-refractivity contribution in [3.8, 4) is 5.75 Å². The van der Waals surface area contributed by atoms with E-state index in [1.807, 2.05) is 19.1 Å². The van der Waals surface area contributed by atoms with E-state index in [0.717, 1.165) is 30.4 Å². The van der Waals surface area contributed by atoms with Gasteiger partial charge in [-0.2, -0.15) is 5.10 Å². The van der Waals surface area contributed by atoms with E-state index in [1.54, 1.807) is 36.4 Å². The molecule has 0 bridgehead atoms. The highest BCUT2D eigenvalue weighted by atomic mass is 16.5. The number of rotatable bonds is 18. The molecule has 206 valence electrons. The molecule has 2 amide bonds. The summed E-state index contributed by atoms with van der Waals surface area (Å²) in [6.07, 6.45) is 15.5. The first-order valence-electron chi connectivity index (χ1n) is 14.0. The number of nitrogens with one attached hydrogen (secondary N) is 2. The van der Waals surface area contributed by atoms with Gasteiger partial charge in [-0.3, -0.25) is 9.59 Å². The van der Waals surface area contributed by atoms with E-state index in [2.05, 4.69) is 22.8 Å². The minimum atomic E-state index is -0.415. The average Bonchev–Trinajstić information content (AvgIpc) is 2.91. The summed E-state index contributed by atoms with van der Waals surface area (Å²) in [6.45, 7) is 3.99. The summed E-state index contributed by atoms with van der Waals surface area (Å²) in [7, 11) is 0. The van der Waals surface area contributed by atoms with Gasteiger partial charge in [-0.25, -0.2) is 10.2 Å². The zero-order chi connectivity index (χ0) is 27.4. The molecule has 0 saturated carbocycles. The number of amides is 2. The van der Waals surface area contributed by atoms with Crippen LogP contribution in [0.3, 0.4) is 0 Å². The normalized spacial score (nSPS) is 10.9.